The van der Waals surface area contributed by atoms with Crippen LogP contribution in [0.4, 0.5) is 19.1 Å². The van der Waals surface area contributed by atoms with Gasteiger partial charge in [-0.2, -0.15) is 13.2 Å². The smallest absolute Gasteiger partial charge is 0.340 e. The van der Waals surface area contributed by atoms with E-state index in [1.807, 2.05) is 0 Å². The molecule has 3 nitrogen and oxygen atoms in total. The minimum absolute atomic E-state index is 0.0166. The minimum Gasteiger partial charge on any atom is -0.340 e. The summed E-state index contributed by atoms with van der Waals surface area (Å²) in [6.45, 7) is 1.77. The van der Waals surface area contributed by atoms with Gasteiger partial charge >= 0.3 is 6.18 Å². The minimum atomic E-state index is -4.46. The van der Waals surface area contributed by atoms with Gasteiger partial charge in [0.05, 0.1) is 0 Å². The van der Waals surface area contributed by atoms with Gasteiger partial charge in [-0.15, -0.1) is 11.6 Å². The standard InChI is InChI=1S/C9H11ClF3N3/c1-6(5-10)16(2)8-14-4-3-7(15-8)9(11,12)13/h3-4,6H,5H2,1-2H3. The van der Waals surface area contributed by atoms with Crippen molar-refractivity contribution >= 4 is 17.5 Å². The highest BCUT2D eigenvalue weighted by molar-refractivity contribution is 6.18. The van der Waals surface area contributed by atoms with Gasteiger partial charge in [0.2, 0.25) is 5.95 Å². The van der Waals surface area contributed by atoms with Gasteiger partial charge in [0, 0.05) is 25.2 Å². The Morgan fingerprint density at radius 1 is 1.50 bits per heavy atom. The second kappa shape index (κ2) is 4.86. The molecule has 0 N–H and O–H groups in total. The molecule has 0 radical (unpaired) electrons. The van der Waals surface area contributed by atoms with Gasteiger partial charge in [0.1, 0.15) is 5.69 Å². The summed E-state index contributed by atoms with van der Waals surface area (Å²) in [5.74, 6) is 0.304. The third-order valence-electron chi connectivity index (χ3n) is 2.13. The van der Waals surface area contributed by atoms with E-state index in [2.05, 4.69) is 9.97 Å². The Morgan fingerprint density at radius 2 is 2.12 bits per heavy atom. The van der Waals surface area contributed by atoms with E-state index in [4.69, 9.17) is 11.6 Å². The Morgan fingerprint density at radius 3 is 2.62 bits per heavy atom. The van der Waals surface area contributed by atoms with Crippen molar-refractivity contribution in [1.82, 2.24) is 9.97 Å². The molecular formula is C9H11ClF3N3. The van der Waals surface area contributed by atoms with Gasteiger partial charge in [-0.05, 0) is 13.0 Å². The summed E-state index contributed by atoms with van der Waals surface area (Å²) in [5, 5.41) is 0. The lowest BCUT2D eigenvalue weighted by Crippen LogP contribution is -2.32. The molecule has 0 aliphatic rings. The molecular weight excluding hydrogens is 243 g/mol. The number of halogens is 4. The third kappa shape index (κ3) is 2.98. The Balaban J connectivity index is 2.99. The predicted molar refractivity (Wildman–Crippen MR) is 55.6 cm³/mol. The molecule has 1 atom stereocenters. The van der Waals surface area contributed by atoms with Crippen LogP contribution in [0, 0.1) is 0 Å². The summed E-state index contributed by atoms with van der Waals surface area (Å²) in [7, 11) is 1.60. The zero-order chi connectivity index (χ0) is 12.3. The lowest BCUT2D eigenvalue weighted by molar-refractivity contribution is -0.141. The molecule has 1 rings (SSSR count). The highest BCUT2D eigenvalue weighted by Gasteiger charge is 2.33. The highest BCUT2D eigenvalue weighted by atomic mass is 35.5. The summed E-state index contributed by atoms with van der Waals surface area (Å²) in [5.41, 5.74) is -0.953. The van der Waals surface area contributed by atoms with Crippen LogP contribution in [-0.2, 0) is 6.18 Å². The first-order valence-corrected chi connectivity index (χ1v) is 5.08. The fraction of sp³-hybridized carbons (Fsp3) is 0.556. The fourth-order valence-electron chi connectivity index (χ4n) is 0.977. The monoisotopic (exact) mass is 253 g/mol. The molecule has 7 heteroatoms. The maximum atomic E-state index is 12.4. The molecule has 0 aromatic carbocycles. The SMILES string of the molecule is CC(CCl)N(C)c1nccc(C(F)(F)F)n1. The largest absolute Gasteiger partial charge is 0.433 e. The molecule has 1 aromatic rings. The number of hydrogen-bond acceptors (Lipinski definition) is 3. The number of nitrogens with zero attached hydrogens (tertiary/aromatic N) is 3. The molecule has 0 aliphatic heterocycles. The van der Waals surface area contributed by atoms with E-state index >= 15 is 0 Å². The van der Waals surface area contributed by atoms with Crippen molar-refractivity contribution in [2.24, 2.45) is 0 Å². The molecule has 1 heterocycles. The van der Waals surface area contributed by atoms with E-state index in [1.54, 1.807) is 14.0 Å². The maximum absolute atomic E-state index is 12.4. The van der Waals surface area contributed by atoms with Crippen LogP contribution in [0.3, 0.4) is 0 Å². The lowest BCUT2D eigenvalue weighted by Gasteiger charge is -2.23. The van der Waals surface area contributed by atoms with Crippen LogP contribution in [0.1, 0.15) is 12.6 Å². The van der Waals surface area contributed by atoms with Crippen LogP contribution in [-0.4, -0.2) is 28.9 Å². The second-order valence-electron chi connectivity index (χ2n) is 3.35. The first-order chi connectivity index (χ1) is 7.36. The van der Waals surface area contributed by atoms with Crippen molar-refractivity contribution in [2.75, 3.05) is 17.8 Å². The maximum Gasteiger partial charge on any atom is 0.433 e. The second-order valence-corrected chi connectivity index (χ2v) is 3.66. The van der Waals surface area contributed by atoms with Gasteiger partial charge in [-0.3, -0.25) is 0 Å². The average molecular weight is 254 g/mol. The molecule has 0 bridgehead atoms. The first kappa shape index (κ1) is 13.0. The molecule has 0 spiro atoms. The van der Waals surface area contributed by atoms with Gasteiger partial charge < -0.3 is 4.90 Å². The Labute approximate surface area is 96.3 Å². The van der Waals surface area contributed by atoms with Crippen LogP contribution in [0.15, 0.2) is 12.3 Å². The van der Waals surface area contributed by atoms with Crippen LogP contribution < -0.4 is 4.90 Å². The number of rotatable bonds is 3. The molecule has 90 valence electrons. The first-order valence-electron chi connectivity index (χ1n) is 4.55. The molecule has 0 fully saturated rings. The molecule has 0 saturated heterocycles. The number of aromatic nitrogens is 2. The Hall–Kier alpha value is -1.04. The zero-order valence-electron chi connectivity index (χ0n) is 8.79. The van der Waals surface area contributed by atoms with Crippen LogP contribution in [0.5, 0.6) is 0 Å². The molecule has 1 aromatic heterocycles. The zero-order valence-corrected chi connectivity index (χ0v) is 9.55. The van der Waals surface area contributed by atoms with E-state index in [9.17, 15) is 13.2 Å². The van der Waals surface area contributed by atoms with Gasteiger partial charge in [0.25, 0.3) is 0 Å². The van der Waals surface area contributed by atoms with Crippen molar-refractivity contribution in [3.8, 4) is 0 Å². The van der Waals surface area contributed by atoms with E-state index in [-0.39, 0.29) is 17.9 Å². The van der Waals surface area contributed by atoms with Crippen LogP contribution in [0.25, 0.3) is 0 Å². The van der Waals surface area contributed by atoms with Crippen LogP contribution in [0.2, 0.25) is 0 Å². The van der Waals surface area contributed by atoms with E-state index in [0.717, 1.165) is 12.3 Å². The topological polar surface area (TPSA) is 29.0 Å². The average Bonchev–Trinajstić information content (AvgIpc) is 2.26. The molecule has 0 saturated carbocycles. The lowest BCUT2D eigenvalue weighted by atomic mass is 10.3. The molecule has 16 heavy (non-hydrogen) atoms. The number of alkyl halides is 4. The third-order valence-corrected chi connectivity index (χ3v) is 2.58. The van der Waals surface area contributed by atoms with Gasteiger partial charge in [0.15, 0.2) is 0 Å². The van der Waals surface area contributed by atoms with E-state index in [0.29, 0.717) is 0 Å². The van der Waals surface area contributed by atoms with Crippen molar-refractivity contribution < 1.29 is 13.2 Å². The van der Waals surface area contributed by atoms with Crippen LogP contribution >= 0.6 is 11.6 Å². The Bertz CT molecular complexity index is 356. The number of anilines is 1. The number of hydrogen-bond donors (Lipinski definition) is 0. The van der Waals surface area contributed by atoms with Crippen molar-refractivity contribution in [2.45, 2.75) is 19.1 Å². The summed E-state index contributed by atoms with van der Waals surface area (Å²) in [6.07, 6.45) is -3.37. The highest BCUT2D eigenvalue weighted by Crippen LogP contribution is 2.28. The van der Waals surface area contributed by atoms with Crippen molar-refractivity contribution in [1.29, 1.82) is 0 Å². The van der Waals surface area contributed by atoms with E-state index < -0.39 is 11.9 Å². The molecule has 0 amide bonds. The van der Waals surface area contributed by atoms with Gasteiger partial charge in [-0.1, -0.05) is 0 Å². The Kier molecular flexibility index (Phi) is 3.96. The quantitative estimate of drug-likeness (QED) is 0.776. The van der Waals surface area contributed by atoms with E-state index in [1.165, 1.54) is 4.90 Å². The predicted octanol–water partition coefficient (Wildman–Crippen LogP) is 2.56. The summed E-state index contributed by atoms with van der Waals surface area (Å²) >= 11 is 5.61. The van der Waals surface area contributed by atoms with Crippen molar-refractivity contribution in [3.05, 3.63) is 18.0 Å². The molecule has 0 aliphatic carbocycles. The van der Waals surface area contributed by atoms with Gasteiger partial charge in [-0.25, -0.2) is 9.97 Å². The summed E-state index contributed by atoms with van der Waals surface area (Å²) in [4.78, 5) is 8.72. The summed E-state index contributed by atoms with van der Waals surface area (Å²) < 4.78 is 37.1. The fourth-order valence-corrected chi connectivity index (χ4v) is 1.18. The summed E-state index contributed by atoms with van der Waals surface area (Å²) in [6, 6.07) is 0.702. The molecule has 1 unspecified atom stereocenters. The van der Waals surface area contributed by atoms with Crippen molar-refractivity contribution in [3.63, 3.8) is 0 Å². The normalized spacial score (nSPS) is 13.6.